The van der Waals surface area contributed by atoms with Crippen LogP contribution in [0.4, 0.5) is 0 Å². The molecule has 0 aromatic carbocycles. The lowest BCUT2D eigenvalue weighted by atomic mass is 9.79. The van der Waals surface area contributed by atoms with Gasteiger partial charge >= 0.3 is 0 Å². The average molecular weight is 294 g/mol. The van der Waals surface area contributed by atoms with Crippen LogP contribution in [-0.4, -0.2) is 35.3 Å². The van der Waals surface area contributed by atoms with E-state index >= 15 is 0 Å². The monoisotopic (exact) mass is 294 g/mol. The van der Waals surface area contributed by atoms with E-state index in [0.717, 1.165) is 13.0 Å². The predicted octanol–water partition coefficient (Wildman–Crippen LogP) is 2.57. The van der Waals surface area contributed by atoms with Crippen LogP contribution >= 0.6 is 0 Å². The number of hydrogen-bond donors (Lipinski definition) is 1. The summed E-state index contributed by atoms with van der Waals surface area (Å²) in [6, 6.07) is -0.688. The summed E-state index contributed by atoms with van der Waals surface area (Å²) in [5.41, 5.74) is -0.232. The molecule has 0 aromatic rings. The number of amides is 2. The second kappa shape index (κ2) is 5.98. The largest absolute Gasteiger partial charge is 0.342 e. The van der Waals surface area contributed by atoms with Gasteiger partial charge < -0.3 is 10.2 Å². The first-order valence-corrected chi connectivity index (χ1v) is 8.36. The summed E-state index contributed by atoms with van der Waals surface area (Å²) in [5, 5.41) is 2.98. The SMILES string of the molecule is CCC(C)C1NC(=O)C(C(C)(C)C)N(CC2CCC2)C1=O. The molecule has 4 heteroatoms. The Hall–Kier alpha value is -1.06. The minimum absolute atomic E-state index is 0.0201. The summed E-state index contributed by atoms with van der Waals surface area (Å²) >= 11 is 0. The second-order valence-electron chi connectivity index (χ2n) is 7.93. The van der Waals surface area contributed by atoms with Gasteiger partial charge in [-0.15, -0.1) is 0 Å². The van der Waals surface area contributed by atoms with Gasteiger partial charge in [-0.3, -0.25) is 9.59 Å². The van der Waals surface area contributed by atoms with Crippen LogP contribution in [0.5, 0.6) is 0 Å². The highest BCUT2D eigenvalue weighted by Gasteiger charge is 2.47. The van der Waals surface area contributed by atoms with Crippen molar-refractivity contribution < 1.29 is 9.59 Å². The maximum atomic E-state index is 12.9. The highest BCUT2D eigenvalue weighted by atomic mass is 16.2. The molecule has 1 saturated heterocycles. The molecule has 0 spiro atoms. The van der Waals surface area contributed by atoms with Crippen LogP contribution in [-0.2, 0) is 9.59 Å². The van der Waals surface area contributed by atoms with E-state index < -0.39 is 0 Å². The summed E-state index contributed by atoms with van der Waals surface area (Å²) in [6.07, 6.45) is 4.54. The smallest absolute Gasteiger partial charge is 0.246 e. The van der Waals surface area contributed by atoms with Crippen molar-refractivity contribution in [3.63, 3.8) is 0 Å². The Morgan fingerprint density at radius 2 is 1.90 bits per heavy atom. The normalized spacial score (nSPS) is 29.1. The molecular weight excluding hydrogens is 264 g/mol. The number of hydrogen-bond acceptors (Lipinski definition) is 2. The molecule has 1 saturated carbocycles. The van der Waals surface area contributed by atoms with Gasteiger partial charge in [0.05, 0.1) is 0 Å². The summed E-state index contributed by atoms with van der Waals surface area (Å²) in [4.78, 5) is 27.4. The Bertz CT molecular complexity index is 410. The van der Waals surface area contributed by atoms with Gasteiger partial charge in [-0.2, -0.15) is 0 Å². The second-order valence-corrected chi connectivity index (χ2v) is 7.93. The molecule has 0 aromatic heterocycles. The van der Waals surface area contributed by atoms with Crippen LogP contribution in [0, 0.1) is 17.3 Å². The Labute approximate surface area is 128 Å². The molecule has 3 unspecified atom stereocenters. The third-order valence-corrected chi connectivity index (χ3v) is 5.12. The minimum Gasteiger partial charge on any atom is -0.342 e. The van der Waals surface area contributed by atoms with Gasteiger partial charge in [0, 0.05) is 6.54 Å². The zero-order valence-electron chi connectivity index (χ0n) is 14.1. The van der Waals surface area contributed by atoms with E-state index in [1.165, 1.54) is 19.3 Å². The maximum Gasteiger partial charge on any atom is 0.246 e. The molecule has 1 heterocycles. The fraction of sp³-hybridized carbons (Fsp3) is 0.882. The summed E-state index contributed by atoms with van der Waals surface area (Å²) in [7, 11) is 0. The Balaban J connectivity index is 2.24. The van der Waals surface area contributed by atoms with Crippen molar-refractivity contribution in [3.8, 4) is 0 Å². The van der Waals surface area contributed by atoms with Gasteiger partial charge in [0.25, 0.3) is 0 Å². The first kappa shape index (κ1) is 16.3. The zero-order valence-corrected chi connectivity index (χ0v) is 14.1. The van der Waals surface area contributed by atoms with Gasteiger partial charge in [0.2, 0.25) is 11.8 Å². The van der Waals surface area contributed by atoms with Crippen molar-refractivity contribution in [1.29, 1.82) is 0 Å². The van der Waals surface area contributed by atoms with Crippen LogP contribution in [0.1, 0.15) is 60.3 Å². The number of piperazine rings is 1. The molecule has 0 bridgehead atoms. The average Bonchev–Trinajstić information content (AvgIpc) is 2.34. The molecule has 120 valence electrons. The highest BCUT2D eigenvalue weighted by Crippen LogP contribution is 2.34. The molecule has 21 heavy (non-hydrogen) atoms. The molecule has 2 rings (SSSR count). The van der Waals surface area contributed by atoms with Crippen molar-refractivity contribution in [2.24, 2.45) is 17.3 Å². The van der Waals surface area contributed by atoms with E-state index in [1.807, 2.05) is 32.6 Å². The van der Waals surface area contributed by atoms with Gasteiger partial charge in [-0.1, -0.05) is 47.5 Å². The van der Waals surface area contributed by atoms with E-state index in [0.29, 0.717) is 5.92 Å². The molecule has 2 aliphatic rings. The lowest BCUT2D eigenvalue weighted by Gasteiger charge is -2.47. The molecule has 0 radical (unpaired) electrons. The van der Waals surface area contributed by atoms with Crippen LogP contribution < -0.4 is 5.32 Å². The molecule has 4 nitrogen and oxygen atoms in total. The number of carbonyl (C=O) groups is 2. The first-order valence-electron chi connectivity index (χ1n) is 8.36. The lowest BCUT2D eigenvalue weighted by molar-refractivity contribution is -0.156. The van der Waals surface area contributed by atoms with Gasteiger partial charge in [-0.25, -0.2) is 0 Å². The van der Waals surface area contributed by atoms with Crippen molar-refractivity contribution in [1.82, 2.24) is 10.2 Å². The van der Waals surface area contributed by atoms with Crippen molar-refractivity contribution in [2.75, 3.05) is 6.54 Å². The number of rotatable bonds is 4. The Kier molecular flexibility index (Phi) is 4.64. The highest BCUT2D eigenvalue weighted by molar-refractivity contribution is 5.97. The maximum absolute atomic E-state index is 12.9. The molecule has 2 fully saturated rings. The van der Waals surface area contributed by atoms with E-state index in [2.05, 4.69) is 12.2 Å². The van der Waals surface area contributed by atoms with Crippen LogP contribution in [0.25, 0.3) is 0 Å². The first-order chi connectivity index (χ1) is 9.75. The van der Waals surface area contributed by atoms with Crippen LogP contribution in [0.15, 0.2) is 0 Å². The van der Waals surface area contributed by atoms with E-state index in [9.17, 15) is 9.59 Å². The summed E-state index contributed by atoms with van der Waals surface area (Å²) < 4.78 is 0. The number of nitrogens with one attached hydrogen (secondary N) is 1. The molecule has 3 atom stereocenters. The predicted molar refractivity (Wildman–Crippen MR) is 83.7 cm³/mol. The third kappa shape index (κ3) is 3.24. The zero-order chi connectivity index (χ0) is 15.8. The number of carbonyl (C=O) groups excluding carboxylic acids is 2. The van der Waals surface area contributed by atoms with Crippen molar-refractivity contribution in [2.45, 2.75) is 72.4 Å². The molecule has 1 aliphatic carbocycles. The van der Waals surface area contributed by atoms with E-state index in [-0.39, 0.29) is 35.2 Å². The fourth-order valence-electron chi connectivity index (χ4n) is 3.37. The molecule has 2 amide bonds. The molecule has 1 N–H and O–H groups in total. The van der Waals surface area contributed by atoms with E-state index in [4.69, 9.17) is 0 Å². The third-order valence-electron chi connectivity index (χ3n) is 5.12. The van der Waals surface area contributed by atoms with E-state index in [1.54, 1.807) is 0 Å². The van der Waals surface area contributed by atoms with Crippen molar-refractivity contribution >= 4 is 11.8 Å². The van der Waals surface area contributed by atoms with Crippen molar-refractivity contribution in [3.05, 3.63) is 0 Å². The quantitative estimate of drug-likeness (QED) is 0.866. The molecule has 1 aliphatic heterocycles. The Morgan fingerprint density at radius 3 is 2.33 bits per heavy atom. The topological polar surface area (TPSA) is 49.4 Å². The standard InChI is InChI=1S/C17H30N2O2/c1-6-11(2)13-16(21)19(10-12-8-7-9-12)14(15(20)18-13)17(3,4)5/h11-14H,6-10H2,1-5H3,(H,18,20). The minimum atomic E-state index is -0.346. The van der Waals surface area contributed by atoms with Gasteiger partial charge in [0.1, 0.15) is 12.1 Å². The number of nitrogens with zero attached hydrogens (tertiary/aromatic N) is 1. The van der Waals surface area contributed by atoms with Gasteiger partial charge in [0.15, 0.2) is 0 Å². The summed E-state index contributed by atoms with van der Waals surface area (Å²) in [5.74, 6) is 0.913. The lowest BCUT2D eigenvalue weighted by Crippen LogP contribution is -2.68. The Morgan fingerprint density at radius 1 is 1.29 bits per heavy atom. The van der Waals surface area contributed by atoms with Crippen LogP contribution in [0.3, 0.4) is 0 Å². The van der Waals surface area contributed by atoms with Crippen LogP contribution in [0.2, 0.25) is 0 Å². The molecular formula is C17H30N2O2. The summed E-state index contributed by atoms with van der Waals surface area (Å²) in [6.45, 7) is 11.0. The fourth-order valence-corrected chi connectivity index (χ4v) is 3.37. The van der Waals surface area contributed by atoms with Gasteiger partial charge in [-0.05, 0) is 30.1 Å².